The molecular weight excluding hydrogens is 284 g/mol. The van der Waals surface area contributed by atoms with E-state index >= 15 is 0 Å². The second kappa shape index (κ2) is 6.52. The molecule has 0 radical (unpaired) electrons. The van der Waals surface area contributed by atoms with Gasteiger partial charge in [-0.05, 0) is 17.7 Å². The Balaban J connectivity index is 1.32. The number of para-hydroxylation sites is 2. The number of rotatable bonds is 4. The molecule has 0 amide bonds. The molecular formula is C19H22N4. The predicted molar refractivity (Wildman–Crippen MR) is 93.1 cm³/mol. The van der Waals surface area contributed by atoms with Crippen molar-refractivity contribution in [3.63, 3.8) is 0 Å². The van der Waals surface area contributed by atoms with Gasteiger partial charge in [-0.2, -0.15) is 0 Å². The number of fused-ring (bicyclic) bond motifs is 1. The van der Waals surface area contributed by atoms with E-state index in [1.165, 1.54) is 5.56 Å². The highest BCUT2D eigenvalue weighted by Gasteiger charge is 2.18. The molecule has 0 bridgehead atoms. The lowest BCUT2D eigenvalue weighted by molar-refractivity contribution is 0.120. The molecule has 0 spiro atoms. The van der Waals surface area contributed by atoms with E-state index in [2.05, 4.69) is 62.2 Å². The Kier molecular flexibility index (Phi) is 4.09. The van der Waals surface area contributed by atoms with Crippen molar-refractivity contribution in [3.8, 4) is 0 Å². The molecule has 1 saturated heterocycles. The lowest BCUT2D eigenvalue weighted by Gasteiger charge is -2.34. The van der Waals surface area contributed by atoms with Crippen LogP contribution in [0.15, 0.2) is 54.6 Å². The third-order valence-corrected chi connectivity index (χ3v) is 4.53. The molecule has 0 unspecified atom stereocenters. The molecule has 1 N–H and O–H groups in total. The van der Waals surface area contributed by atoms with Crippen LogP contribution in [-0.2, 0) is 13.1 Å². The predicted octanol–water partition coefficient (Wildman–Crippen LogP) is 2.88. The maximum atomic E-state index is 4.68. The monoisotopic (exact) mass is 306 g/mol. The van der Waals surface area contributed by atoms with Crippen LogP contribution in [0.4, 0.5) is 0 Å². The molecule has 1 aliphatic heterocycles. The molecule has 0 aliphatic carbocycles. The van der Waals surface area contributed by atoms with Gasteiger partial charge >= 0.3 is 0 Å². The normalized spacial score (nSPS) is 16.9. The largest absolute Gasteiger partial charge is 0.341 e. The highest BCUT2D eigenvalue weighted by molar-refractivity contribution is 5.74. The van der Waals surface area contributed by atoms with E-state index in [1.807, 2.05) is 12.1 Å². The maximum absolute atomic E-state index is 4.68. The first-order chi connectivity index (χ1) is 11.4. The van der Waals surface area contributed by atoms with Crippen LogP contribution in [0.2, 0.25) is 0 Å². The molecule has 118 valence electrons. The SMILES string of the molecule is c1ccc(CN2CCN(Cc3nc4ccccc4[nH]3)CC2)cc1. The van der Waals surface area contributed by atoms with E-state index in [0.29, 0.717) is 0 Å². The Morgan fingerprint density at radius 3 is 2.17 bits per heavy atom. The number of hydrogen-bond acceptors (Lipinski definition) is 3. The minimum Gasteiger partial charge on any atom is -0.341 e. The van der Waals surface area contributed by atoms with E-state index < -0.39 is 0 Å². The van der Waals surface area contributed by atoms with Crippen LogP contribution < -0.4 is 0 Å². The van der Waals surface area contributed by atoms with Crippen molar-refractivity contribution in [1.82, 2.24) is 19.8 Å². The summed E-state index contributed by atoms with van der Waals surface area (Å²) in [5, 5.41) is 0. The Labute approximate surface area is 136 Å². The molecule has 1 fully saturated rings. The Morgan fingerprint density at radius 2 is 1.43 bits per heavy atom. The van der Waals surface area contributed by atoms with Gasteiger partial charge in [0.25, 0.3) is 0 Å². The number of aromatic amines is 1. The van der Waals surface area contributed by atoms with Gasteiger partial charge in [0, 0.05) is 32.7 Å². The van der Waals surface area contributed by atoms with E-state index in [0.717, 1.165) is 56.1 Å². The second-order valence-corrected chi connectivity index (χ2v) is 6.24. The van der Waals surface area contributed by atoms with Crippen LogP contribution in [0.1, 0.15) is 11.4 Å². The molecule has 4 rings (SSSR count). The molecule has 3 aromatic rings. The molecule has 1 aliphatic rings. The van der Waals surface area contributed by atoms with Crippen LogP contribution in [-0.4, -0.2) is 45.9 Å². The number of imidazole rings is 1. The molecule has 2 heterocycles. The number of nitrogens with one attached hydrogen (secondary N) is 1. The fourth-order valence-corrected chi connectivity index (χ4v) is 3.24. The van der Waals surface area contributed by atoms with Crippen LogP contribution in [0.5, 0.6) is 0 Å². The number of benzene rings is 2. The van der Waals surface area contributed by atoms with Gasteiger partial charge in [0.05, 0.1) is 17.6 Å². The van der Waals surface area contributed by atoms with Gasteiger partial charge in [-0.1, -0.05) is 42.5 Å². The molecule has 1 aromatic heterocycles. The van der Waals surface area contributed by atoms with Crippen molar-refractivity contribution < 1.29 is 0 Å². The average Bonchev–Trinajstić information content (AvgIpc) is 3.00. The highest BCUT2D eigenvalue weighted by Crippen LogP contribution is 2.14. The third-order valence-electron chi connectivity index (χ3n) is 4.53. The van der Waals surface area contributed by atoms with Crippen LogP contribution >= 0.6 is 0 Å². The van der Waals surface area contributed by atoms with Gasteiger partial charge in [0.2, 0.25) is 0 Å². The topological polar surface area (TPSA) is 35.2 Å². The molecule has 4 nitrogen and oxygen atoms in total. The summed E-state index contributed by atoms with van der Waals surface area (Å²) in [5.74, 6) is 1.07. The van der Waals surface area contributed by atoms with Gasteiger partial charge in [-0.3, -0.25) is 9.80 Å². The number of piperazine rings is 1. The van der Waals surface area contributed by atoms with Gasteiger partial charge < -0.3 is 4.98 Å². The fraction of sp³-hybridized carbons (Fsp3) is 0.316. The summed E-state index contributed by atoms with van der Waals surface area (Å²) in [5.41, 5.74) is 3.59. The summed E-state index contributed by atoms with van der Waals surface area (Å²) in [6, 6.07) is 19.0. The van der Waals surface area contributed by atoms with Crippen molar-refractivity contribution in [3.05, 3.63) is 66.0 Å². The van der Waals surface area contributed by atoms with Crippen molar-refractivity contribution in [2.24, 2.45) is 0 Å². The molecule has 0 saturated carbocycles. The minimum absolute atomic E-state index is 0.911. The highest BCUT2D eigenvalue weighted by atomic mass is 15.3. The standard InChI is InChI=1S/C19H22N4/c1-2-6-16(7-3-1)14-22-10-12-23(13-11-22)15-19-20-17-8-4-5-9-18(17)21-19/h1-9H,10-15H2,(H,20,21). The zero-order chi connectivity index (χ0) is 15.5. The Hall–Kier alpha value is -2.17. The fourth-order valence-electron chi connectivity index (χ4n) is 3.24. The third kappa shape index (κ3) is 3.44. The van der Waals surface area contributed by atoms with Crippen molar-refractivity contribution >= 4 is 11.0 Å². The van der Waals surface area contributed by atoms with Crippen LogP contribution in [0.3, 0.4) is 0 Å². The first-order valence-corrected chi connectivity index (χ1v) is 8.29. The van der Waals surface area contributed by atoms with Gasteiger partial charge in [0.1, 0.15) is 5.82 Å². The van der Waals surface area contributed by atoms with E-state index in [9.17, 15) is 0 Å². The maximum Gasteiger partial charge on any atom is 0.121 e. The van der Waals surface area contributed by atoms with Crippen LogP contribution in [0.25, 0.3) is 11.0 Å². The summed E-state index contributed by atoms with van der Waals surface area (Å²) >= 11 is 0. The molecule has 0 atom stereocenters. The van der Waals surface area contributed by atoms with Crippen molar-refractivity contribution in [2.45, 2.75) is 13.1 Å². The lowest BCUT2D eigenvalue weighted by atomic mass is 10.2. The zero-order valence-corrected chi connectivity index (χ0v) is 13.3. The van der Waals surface area contributed by atoms with Crippen molar-refractivity contribution in [2.75, 3.05) is 26.2 Å². The summed E-state index contributed by atoms with van der Waals surface area (Å²) in [7, 11) is 0. The Bertz CT molecular complexity index is 724. The van der Waals surface area contributed by atoms with Crippen molar-refractivity contribution in [1.29, 1.82) is 0 Å². The molecule has 4 heteroatoms. The van der Waals surface area contributed by atoms with E-state index in [1.54, 1.807) is 0 Å². The number of nitrogens with zero attached hydrogens (tertiary/aromatic N) is 3. The lowest BCUT2D eigenvalue weighted by Crippen LogP contribution is -2.45. The second-order valence-electron chi connectivity index (χ2n) is 6.24. The number of hydrogen-bond donors (Lipinski definition) is 1. The van der Waals surface area contributed by atoms with Gasteiger partial charge in [-0.25, -0.2) is 4.98 Å². The molecule has 23 heavy (non-hydrogen) atoms. The van der Waals surface area contributed by atoms with E-state index in [4.69, 9.17) is 0 Å². The number of H-pyrrole nitrogens is 1. The average molecular weight is 306 g/mol. The molecule has 2 aromatic carbocycles. The van der Waals surface area contributed by atoms with Gasteiger partial charge in [-0.15, -0.1) is 0 Å². The Morgan fingerprint density at radius 1 is 0.783 bits per heavy atom. The summed E-state index contributed by atoms with van der Waals surface area (Å²) in [6.45, 7) is 6.41. The number of aromatic nitrogens is 2. The summed E-state index contributed by atoms with van der Waals surface area (Å²) in [6.07, 6.45) is 0. The van der Waals surface area contributed by atoms with Gasteiger partial charge in [0.15, 0.2) is 0 Å². The summed E-state index contributed by atoms with van der Waals surface area (Å²) in [4.78, 5) is 13.1. The zero-order valence-electron chi connectivity index (χ0n) is 13.3. The minimum atomic E-state index is 0.911. The quantitative estimate of drug-likeness (QED) is 0.805. The van der Waals surface area contributed by atoms with Crippen LogP contribution in [0, 0.1) is 0 Å². The summed E-state index contributed by atoms with van der Waals surface area (Å²) < 4.78 is 0. The first kappa shape index (κ1) is 14.4. The smallest absolute Gasteiger partial charge is 0.121 e. The first-order valence-electron chi connectivity index (χ1n) is 8.29. The van der Waals surface area contributed by atoms with E-state index in [-0.39, 0.29) is 0 Å².